The van der Waals surface area contributed by atoms with Crippen LogP contribution in [0, 0.1) is 0 Å². The van der Waals surface area contributed by atoms with Gasteiger partial charge in [0.05, 0.1) is 15.9 Å². The van der Waals surface area contributed by atoms with Crippen LogP contribution in [0.15, 0.2) is 30.3 Å². The Bertz CT molecular complexity index is 854. The minimum absolute atomic E-state index is 0.0137. The van der Waals surface area contributed by atoms with Gasteiger partial charge in [-0.25, -0.2) is 0 Å². The van der Waals surface area contributed by atoms with E-state index >= 15 is 0 Å². The summed E-state index contributed by atoms with van der Waals surface area (Å²) < 4.78 is 16.8. The fourth-order valence-electron chi connectivity index (χ4n) is 3.37. The van der Waals surface area contributed by atoms with Crippen LogP contribution in [0.1, 0.15) is 52.0 Å². The Morgan fingerprint density at radius 3 is 2.52 bits per heavy atom. The van der Waals surface area contributed by atoms with Gasteiger partial charge in [-0.1, -0.05) is 0 Å². The zero-order valence-corrected chi connectivity index (χ0v) is 15.8. The summed E-state index contributed by atoms with van der Waals surface area (Å²) in [4.78, 5) is 24.9. The monoisotopic (exact) mass is 387 g/mol. The van der Waals surface area contributed by atoms with Gasteiger partial charge in [-0.15, -0.1) is 11.3 Å². The number of nitrogens with one attached hydrogen (secondary N) is 1. The number of ether oxygens (including phenoxy) is 3. The van der Waals surface area contributed by atoms with Crippen LogP contribution in [0.2, 0.25) is 0 Å². The number of amides is 1. The van der Waals surface area contributed by atoms with E-state index in [1.165, 1.54) is 18.3 Å². The van der Waals surface area contributed by atoms with Crippen molar-refractivity contribution in [3.05, 3.63) is 40.1 Å². The number of fused-ring (bicyclic) bond motifs is 1. The number of hydrogen-bond donors (Lipinski definition) is 1. The van der Waals surface area contributed by atoms with Gasteiger partial charge in [0.15, 0.2) is 17.3 Å². The molecule has 1 fully saturated rings. The highest BCUT2D eigenvalue weighted by Crippen LogP contribution is 2.36. The quantitative estimate of drug-likeness (QED) is 0.790. The number of thiophene rings is 1. The lowest BCUT2D eigenvalue weighted by atomic mass is 9.93. The third kappa shape index (κ3) is 4.08. The molecule has 0 spiro atoms. The zero-order chi connectivity index (χ0) is 18.8. The second kappa shape index (κ2) is 7.60. The van der Waals surface area contributed by atoms with Gasteiger partial charge in [0.2, 0.25) is 6.79 Å². The van der Waals surface area contributed by atoms with E-state index in [9.17, 15) is 9.59 Å². The standard InChI is InChI=1S/C20H21NO5S/c1-12(22)18-8-9-19(27-18)20(23)21-13-2-4-14(5-3-13)26-15-6-7-16-17(10-15)25-11-24-16/h6-10,13-14H,2-5,11H2,1H3,(H,21,23). The molecule has 2 aromatic rings. The largest absolute Gasteiger partial charge is 0.490 e. The first-order valence-electron chi connectivity index (χ1n) is 9.06. The van der Waals surface area contributed by atoms with Crippen LogP contribution in [0.5, 0.6) is 17.2 Å². The van der Waals surface area contributed by atoms with Gasteiger partial charge in [0, 0.05) is 12.1 Å². The van der Waals surface area contributed by atoms with Crippen LogP contribution in [0.3, 0.4) is 0 Å². The smallest absolute Gasteiger partial charge is 0.261 e. The van der Waals surface area contributed by atoms with E-state index in [-0.39, 0.29) is 30.6 Å². The van der Waals surface area contributed by atoms with E-state index in [2.05, 4.69) is 5.32 Å². The molecule has 2 aliphatic rings. The highest BCUT2D eigenvalue weighted by molar-refractivity contribution is 7.15. The van der Waals surface area contributed by atoms with Gasteiger partial charge < -0.3 is 19.5 Å². The summed E-state index contributed by atoms with van der Waals surface area (Å²) in [5.74, 6) is 2.12. The van der Waals surface area contributed by atoms with Crippen molar-refractivity contribution in [2.24, 2.45) is 0 Å². The van der Waals surface area contributed by atoms with Crippen molar-refractivity contribution in [3.63, 3.8) is 0 Å². The molecular weight excluding hydrogens is 366 g/mol. The first kappa shape index (κ1) is 17.9. The van der Waals surface area contributed by atoms with Crippen molar-refractivity contribution in [2.45, 2.75) is 44.8 Å². The van der Waals surface area contributed by atoms with Crippen LogP contribution < -0.4 is 19.5 Å². The van der Waals surface area contributed by atoms with E-state index in [1.807, 2.05) is 18.2 Å². The maximum absolute atomic E-state index is 12.4. The van der Waals surface area contributed by atoms with E-state index in [4.69, 9.17) is 14.2 Å². The molecular formula is C20H21NO5S. The highest BCUT2D eigenvalue weighted by Gasteiger charge is 2.25. The normalized spacial score (nSPS) is 20.9. The Kier molecular flexibility index (Phi) is 5.03. The highest BCUT2D eigenvalue weighted by atomic mass is 32.1. The maximum Gasteiger partial charge on any atom is 0.261 e. The fourth-order valence-corrected chi connectivity index (χ4v) is 4.18. The third-order valence-electron chi connectivity index (χ3n) is 4.83. The summed E-state index contributed by atoms with van der Waals surface area (Å²) in [6.45, 7) is 1.76. The van der Waals surface area contributed by atoms with E-state index in [1.54, 1.807) is 12.1 Å². The predicted octanol–water partition coefficient (Wildman–Crippen LogP) is 3.80. The number of ketones is 1. The van der Waals surface area contributed by atoms with Gasteiger partial charge in [-0.3, -0.25) is 9.59 Å². The maximum atomic E-state index is 12.4. The van der Waals surface area contributed by atoms with Gasteiger partial charge in [-0.2, -0.15) is 0 Å². The molecule has 1 amide bonds. The van der Waals surface area contributed by atoms with Crippen LogP contribution in [0.25, 0.3) is 0 Å². The van der Waals surface area contributed by atoms with Gasteiger partial charge in [0.25, 0.3) is 5.91 Å². The van der Waals surface area contributed by atoms with Crippen molar-refractivity contribution in [3.8, 4) is 17.2 Å². The molecule has 1 N–H and O–H groups in total. The number of carbonyl (C=O) groups excluding carboxylic acids is 2. The Labute approximate surface area is 161 Å². The van der Waals surface area contributed by atoms with Crippen molar-refractivity contribution in [2.75, 3.05) is 6.79 Å². The minimum Gasteiger partial charge on any atom is -0.490 e. The number of carbonyl (C=O) groups is 2. The molecule has 4 rings (SSSR count). The van der Waals surface area contributed by atoms with Gasteiger partial charge >= 0.3 is 0 Å². The summed E-state index contributed by atoms with van der Waals surface area (Å²) >= 11 is 1.24. The molecule has 27 heavy (non-hydrogen) atoms. The number of benzene rings is 1. The zero-order valence-electron chi connectivity index (χ0n) is 15.0. The van der Waals surface area contributed by atoms with E-state index in [0.717, 1.165) is 37.2 Å². The molecule has 1 aliphatic carbocycles. The average molecular weight is 387 g/mol. The Morgan fingerprint density at radius 2 is 1.78 bits per heavy atom. The summed E-state index contributed by atoms with van der Waals surface area (Å²) in [5.41, 5.74) is 0. The summed E-state index contributed by atoms with van der Waals surface area (Å²) in [7, 11) is 0. The molecule has 1 aromatic heterocycles. The van der Waals surface area contributed by atoms with Gasteiger partial charge in [-0.05, 0) is 56.9 Å². The first-order valence-corrected chi connectivity index (χ1v) is 9.88. The molecule has 0 bridgehead atoms. The topological polar surface area (TPSA) is 73.9 Å². The molecule has 7 heteroatoms. The molecule has 142 valence electrons. The summed E-state index contributed by atoms with van der Waals surface area (Å²) in [6, 6.07) is 9.17. The molecule has 1 aliphatic heterocycles. The minimum atomic E-state index is -0.104. The SMILES string of the molecule is CC(=O)c1ccc(C(=O)NC2CCC(Oc3ccc4c(c3)OCO4)CC2)s1. The molecule has 2 heterocycles. The Hall–Kier alpha value is -2.54. The third-order valence-corrected chi connectivity index (χ3v) is 6.02. The molecule has 0 atom stereocenters. The number of rotatable bonds is 5. The van der Waals surface area contributed by atoms with E-state index < -0.39 is 0 Å². The van der Waals surface area contributed by atoms with Gasteiger partial charge in [0.1, 0.15) is 5.75 Å². The lowest BCUT2D eigenvalue weighted by Gasteiger charge is -2.29. The fraction of sp³-hybridized carbons (Fsp3) is 0.400. The first-order chi connectivity index (χ1) is 13.1. The van der Waals surface area contributed by atoms with Crippen molar-refractivity contribution in [1.82, 2.24) is 5.32 Å². The molecule has 0 saturated heterocycles. The van der Waals surface area contributed by atoms with Crippen LogP contribution in [0.4, 0.5) is 0 Å². The van der Waals surface area contributed by atoms with E-state index in [0.29, 0.717) is 15.5 Å². The number of Topliss-reactive ketones (excluding diaryl/α,β-unsaturated/α-hetero) is 1. The van der Waals surface area contributed by atoms with Crippen LogP contribution in [-0.4, -0.2) is 30.6 Å². The Balaban J connectivity index is 1.27. The number of hydrogen-bond acceptors (Lipinski definition) is 6. The van der Waals surface area contributed by atoms with Crippen LogP contribution >= 0.6 is 11.3 Å². The summed E-state index contributed by atoms with van der Waals surface area (Å²) in [5, 5.41) is 3.07. The molecule has 0 unspecified atom stereocenters. The molecule has 6 nitrogen and oxygen atoms in total. The molecule has 1 aromatic carbocycles. The second-order valence-corrected chi connectivity index (χ2v) is 7.88. The second-order valence-electron chi connectivity index (χ2n) is 6.80. The molecule has 1 saturated carbocycles. The predicted molar refractivity (Wildman–Crippen MR) is 101 cm³/mol. The summed E-state index contributed by atoms with van der Waals surface area (Å²) in [6.07, 6.45) is 3.62. The lowest BCUT2D eigenvalue weighted by Crippen LogP contribution is -2.39. The van der Waals surface area contributed by atoms with Crippen molar-refractivity contribution in [1.29, 1.82) is 0 Å². The van der Waals surface area contributed by atoms with Crippen molar-refractivity contribution >= 4 is 23.0 Å². The molecule has 0 radical (unpaired) electrons. The van der Waals surface area contributed by atoms with Crippen LogP contribution in [-0.2, 0) is 0 Å². The van der Waals surface area contributed by atoms with Crippen molar-refractivity contribution < 1.29 is 23.8 Å². The Morgan fingerprint density at radius 1 is 1.04 bits per heavy atom. The average Bonchev–Trinajstić information content (AvgIpc) is 3.32. The lowest BCUT2D eigenvalue weighted by molar-refractivity contribution is 0.0897.